The van der Waals surface area contributed by atoms with Crippen LogP contribution in [0.25, 0.3) is 0 Å². The Morgan fingerprint density at radius 3 is 2.22 bits per heavy atom. The van der Waals surface area contributed by atoms with E-state index in [1.165, 1.54) is 0 Å². The summed E-state index contributed by atoms with van der Waals surface area (Å²) in [6.07, 6.45) is -2.20. The number of hydrogen-bond acceptors (Lipinski definition) is 7. The summed E-state index contributed by atoms with van der Waals surface area (Å²) in [6.45, 7) is 4.56. The molecule has 0 aliphatic carbocycles. The summed E-state index contributed by atoms with van der Waals surface area (Å²) in [5.74, 6) is -1.57. The standard InChI is InChI=1S/C11H18O7/c1-3-15-10(12)9(11(13)16-4-2)18-8-7-14-5-6-17-8/h8-9H,3-7H2,1-2H3. The Morgan fingerprint density at radius 2 is 1.78 bits per heavy atom. The van der Waals surface area contributed by atoms with Crippen molar-refractivity contribution in [2.45, 2.75) is 26.2 Å². The lowest BCUT2D eigenvalue weighted by atomic mass is 10.3. The molecule has 0 amide bonds. The zero-order valence-corrected chi connectivity index (χ0v) is 10.5. The van der Waals surface area contributed by atoms with Crippen molar-refractivity contribution in [1.82, 2.24) is 0 Å². The lowest BCUT2D eigenvalue weighted by molar-refractivity contribution is -0.237. The highest BCUT2D eigenvalue weighted by molar-refractivity contribution is 5.98. The van der Waals surface area contributed by atoms with Crippen molar-refractivity contribution in [3.05, 3.63) is 0 Å². The predicted molar refractivity (Wildman–Crippen MR) is 58.7 cm³/mol. The molecular weight excluding hydrogens is 244 g/mol. The van der Waals surface area contributed by atoms with Crippen LogP contribution in [-0.4, -0.2) is 57.4 Å². The zero-order chi connectivity index (χ0) is 13.4. The Bertz CT molecular complexity index is 255. The maximum absolute atomic E-state index is 11.6. The Labute approximate surface area is 105 Å². The molecule has 7 heteroatoms. The van der Waals surface area contributed by atoms with Crippen molar-refractivity contribution in [1.29, 1.82) is 0 Å². The molecule has 0 aromatic rings. The predicted octanol–water partition coefficient (Wildman–Crippen LogP) is -0.129. The lowest BCUT2D eigenvalue weighted by Crippen LogP contribution is -2.43. The van der Waals surface area contributed by atoms with Crippen molar-refractivity contribution in [2.75, 3.05) is 33.0 Å². The third-order valence-corrected chi connectivity index (χ3v) is 2.07. The number of ether oxygens (including phenoxy) is 5. The number of carbonyl (C=O) groups is 2. The molecule has 0 bridgehead atoms. The Hall–Kier alpha value is -1.18. The van der Waals surface area contributed by atoms with Crippen LogP contribution in [0.4, 0.5) is 0 Å². The van der Waals surface area contributed by atoms with E-state index < -0.39 is 24.3 Å². The van der Waals surface area contributed by atoms with E-state index in [4.69, 9.17) is 23.7 Å². The van der Waals surface area contributed by atoms with Crippen LogP contribution in [0.2, 0.25) is 0 Å². The van der Waals surface area contributed by atoms with Crippen LogP contribution in [0.15, 0.2) is 0 Å². The molecule has 18 heavy (non-hydrogen) atoms. The van der Waals surface area contributed by atoms with Crippen LogP contribution in [0.1, 0.15) is 13.8 Å². The van der Waals surface area contributed by atoms with Gasteiger partial charge in [0.15, 0.2) is 6.29 Å². The first-order valence-electron chi connectivity index (χ1n) is 5.87. The average molecular weight is 262 g/mol. The second-order valence-electron chi connectivity index (χ2n) is 3.40. The summed E-state index contributed by atoms with van der Waals surface area (Å²) in [6, 6.07) is 0. The van der Waals surface area contributed by atoms with E-state index in [9.17, 15) is 9.59 Å². The van der Waals surface area contributed by atoms with Crippen LogP contribution in [-0.2, 0) is 33.3 Å². The second kappa shape index (κ2) is 8.02. The van der Waals surface area contributed by atoms with E-state index in [-0.39, 0.29) is 19.8 Å². The van der Waals surface area contributed by atoms with Gasteiger partial charge in [0.25, 0.3) is 6.10 Å². The van der Waals surface area contributed by atoms with E-state index in [1.54, 1.807) is 13.8 Å². The van der Waals surface area contributed by atoms with Gasteiger partial charge in [-0.05, 0) is 13.8 Å². The molecule has 1 heterocycles. The SMILES string of the molecule is CCOC(=O)C(OC1COCCO1)C(=O)OCC. The largest absolute Gasteiger partial charge is 0.464 e. The highest BCUT2D eigenvalue weighted by atomic mass is 16.7. The summed E-state index contributed by atoms with van der Waals surface area (Å²) in [5, 5.41) is 0. The normalized spacial score (nSPS) is 19.6. The molecule has 1 atom stereocenters. The molecule has 1 saturated heterocycles. The number of rotatable bonds is 6. The smallest absolute Gasteiger partial charge is 0.347 e. The third-order valence-electron chi connectivity index (χ3n) is 2.07. The fourth-order valence-electron chi connectivity index (χ4n) is 1.34. The van der Waals surface area contributed by atoms with Crippen LogP contribution >= 0.6 is 0 Å². The van der Waals surface area contributed by atoms with Crippen LogP contribution in [0.5, 0.6) is 0 Å². The molecule has 1 fully saturated rings. The Morgan fingerprint density at radius 1 is 1.17 bits per heavy atom. The average Bonchev–Trinajstić information content (AvgIpc) is 2.37. The molecule has 104 valence electrons. The maximum Gasteiger partial charge on any atom is 0.347 e. The zero-order valence-electron chi connectivity index (χ0n) is 10.5. The quantitative estimate of drug-likeness (QED) is 0.487. The summed E-state index contributed by atoms with van der Waals surface area (Å²) in [7, 11) is 0. The molecular formula is C11H18O7. The topological polar surface area (TPSA) is 80.3 Å². The van der Waals surface area contributed by atoms with Gasteiger partial charge in [-0.3, -0.25) is 0 Å². The van der Waals surface area contributed by atoms with Gasteiger partial charge in [0, 0.05) is 0 Å². The molecule has 0 aromatic carbocycles. The highest BCUT2D eigenvalue weighted by Gasteiger charge is 2.34. The summed E-state index contributed by atoms with van der Waals surface area (Å²) in [4.78, 5) is 23.2. The van der Waals surface area contributed by atoms with Gasteiger partial charge < -0.3 is 23.7 Å². The van der Waals surface area contributed by atoms with Gasteiger partial charge in [0.05, 0.1) is 33.0 Å². The monoisotopic (exact) mass is 262 g/mol. The molecule has 1 rings (SSSR count). The van der Waals surface area contributed by atoms with Gasteiger partial charge >= 0.3 is 11.9 Å². The van der Waals surface area contributed by atoms with Crippen LogP contribution in [0, 0.1) is 0 Å². The van der Waals surface area contributed by atoms with E-state index in [1.807, 2.05) is 0 Å². The molecule has 0 aromatic heterocycles. The molecule has 0 radical (unpaired) electrons. The number of hydrogen-bond donors (Lipinski definition) is 0. The summed E-state index contributed by atoms with van der Waals surface area (Å²) in [5.41, 5.74) is 0. The van der Waals surface area contributed by atoms with E-state index in [0.717, 1.165) is 0 Å². The molecule has 0 N–H and O–H groups in total. The van der Waals surface area contributed by atoms with Crippen molar-refractivity contribution in [3.8, 4) is 0 Å². The first-order chi connectivity index (χ1) is 8.69. The molecule has 7 nitrogen and oxygen atoms in total. The fraction of sp³-hybridized carbons (Fsp3) is 0.818. The summed E-state index contributed by atoms with van der Waals surface area (Å²) >= 11 is 0. The number of carbonyl (C=O) groups excluding carboxylic acids is 2. The molecule has 0 spiro atoms. The Kier molecular flexibility index (Phi) is 6.63. The molecule has 1 aliphatic rings. The molecule has 0 saturated carbocycles. The van der Waals surface area contributed by atoms with Gasteiger partial charge in [0.2, 0.25) is 0 Å². The third kappa shape index (κ3) is 4.59. The van der Waals surface area contributed by atoms with Crippen LogP contribution < -0.4 is 0 Å². The second-order valence-corrected chi connectivity index (χ2v) is 3.40. The minimum absolute atomic E-state index is 0.153. The van der Waals surface area contributed by atoms with Gasteiger partial charge in [-0.1, -0.05) is 0 Å². The van der Waals surface area contributed by atoms with Crippen LogP contribution in [0.3, 0.4) is 0 Å². The van der Waals surface area contributed by atoms with E-state index in [0.29, 0.717) is 13.2 Å². The van der Waals surface area contributed by atoms with E-state index in [2.05, 4.69) is 0 Å². The Balaban J connectivity index is 2.57. The first-order valence-corrected chi connectivity index (χ1v) is 5.87. The fourth-order valence-corrected chi connectivity index (χ4v) is 1.34. The number of esters is 2. The summed E-state index contributed by atoms with van der Waals surface area (Å²) < 4.78 is 25.0. The van der Waals surface area contributed by atoms with Crippen molar-refractivity contribution >= 4 is 11.9 Å². The van der Waals surface area contributed by atoms with E-state index >= 15 is 0 Å². The lowest BCUT2D eigenvalue weighted by Gasteiger charge is -2.25. The van der Waals surface area contributed by atoms with Crippen molar-refractivity contribution in [3.63, 3.8) is 0 Å². The minimum Gasteiger partial charge on any atom is -0.464 e. The molecule has 1 unspecified atom stereocenters. The highest BCUT2D eigenvalue weighted by Crippen LogP contribution is 2.09. The van der Waals surface area contributed by atoms with Crippen molar-refractivity contribution in [2.24, 2.45) is 0 Å². The molecule has 1 aliphatic heterocycles. The van der Waals surface area contributed by atoms with Gasteiger partial charge in [-0.15, -0.1) is 0 Å². The maximum atomic E-state index is 11.6. The van der Waals surface area contributed by atoms with Gasteiger partial charge in [-0.25, -0.2) is 9.59 Å². The van der Waals surface area contributed by atoms with Gasteiger partial charge in [0.1, 0.15) is 0 Å². The van der Waals surface area contributed by atoms with Crippen molar-refractivity contribution < 1.29 is 33.3 Å². The van der Waals surface area contributed by atoms with Gasteiger partial charge in [-0.2, -0.15) is 0 Å². The minimum atomic E-state index is -1.43. The first kappa shape index (κ1) is 14.9.